The van der Waals surface area contributed by atoms with Crippen molar-refractivity contribution in [2.24, 2.45) is 5.41 Å². The fourth-order valence-corrected chi connectivity index (χ4v) is 1.36. The lowest BCUT2D eigenvalue weighted by atomic mass is 10.1. The van der Waals surface area contributed by atoms with Crippen LogP contribution in [0, 0.1) is 5.41 Å². The number of hydrogen-bond donors (Lipinski definition) is 1. The number of halogens is 1. The fourth-order valence-electron chi connectivity index (χ4n) is 0.556. The van der Waals surface area contributed by atoms with Crippen molar-refractivity contribution in [2.75, 3.05) is 5.33 Å². The second-order valence-electron chi connectivity index (χ2n) is 2.22. The van der Waals surface area contributed by atoms with Crippen molar-refractivity contribution < 1.29 is 9.90 Å². The van der Waals surface area contributed by atoms with E-state index in [1.807, 2.05) is 0 Å². The number of aliphatic carboxylic acids is 1. The standard InChI is InChI=1S/C5H7BrO2/c6-3-5(1-2-5)4(7)8/h1-3H2,(H,7,8). The van der Waals surface area contributed by atoms with Crippen LogP contribution in [-0.4, -0.2) is 16.4 Å². The Kier molecular flexibility index (Phi) is 1.31. The summed E-state index contributed by atoms with van der Waals surface area (Å²) in [6.45, 7) is 0. The van der Waals surface area contributed by atoms with Gasteiger partial charge in [-0.05, 0) is 12.8 Å². The van der Waals surface area contributed by atoms with Gasteiger partial charge in [0.1, 0.15) is 0 Å². The van der Waals surface area contributed by atoms with Crippen molar-refractivity contribution in [1.82, 2.24) is 0 Å². The molecule has 0 atom stereocenters. The van der Waals surface area contributed by atoms with Crippen LogP contribution < -0.4 is 0 Å². The van der Waals surface area contributed by atoms with Crippen LogP contribution in [0.3, 0.4) is 0 Å². The maximum Gasteiger partial charge on any atom is 0.310 e. The van der Waals surface area contributed by atoms with E-state index in [4.69, 9.17) is 5.11 Å². The maximum atomic E-state index is 10.3. The van der Waals surface area contributed by atoms with Crippen LogP contribution in [0.2, 0.25) is 0 Å². The van der Waals surface area contributed by atoms with Gasteiger partial charge in [0.15, 0.2) is 0 Å². The summed E-state index contributed by atoms with van der Waals surface area (Å²) in [5.74, 6) is -0.658. The third-order valence-electron chi connectivity index (χ3n) is 1.56. The molecule has 0 aromatic carbocycles. The predicted octanol–water partition coefficient (Wildman–Crippen LogP) is 1.25. The van der Waals surface area contributed by atoms with Crippen LogP contribution in [0.1, 0.15) is 12.8 Å². The van der Waals surface area contributed by atoms with Gasteiger partial charge in [-0.3, -0.25) is 4.79 Å². The first-order valence-corrected chi connectivity index (χ1v) is 3.63. The first-order valence-electron chi connectivity index (χ1n) is 2.51. The predicted molar refractivity (Wildman–Crippen MR) is 33.1 cm³/mol. The van der Waals surface area contributed by atoms with Gasteiger partial charge in [-0.2, -0.15) is 0 Å². The van der Waals surface area contributed by atoms with E-state index in [2.05, 4.69) is 15.9 Å². The monoisotopic (exact) mass is 178 g/mol. The zero-order valence-corrected chi connectivity index (χ0v) is 5.94. The molecule has 3 heteroatoms. The van der Waals surface area contributed by atoms with Gasteiger partial charge in [-0.25, -0.2) is 0 Å². The minimum atomic E-state index is -0.658. The molecule has 0 aromatic rings. The smallest absolute Gasteiger partial charge is 0.310 e. The summed E-state index contributed by atoms with van der Waals surface area (Å²) >= 11 is 3.15. The molecule has 0 saturated heterocycles. The van der Waals surface area contributed by atoms with Crippen LogP contribution in [0.4, 0.5) is 0 Å². The Morgan fingerprint density at radius 2 is 2.25 bits per heavy atom. The number of alkyl halides is 1. The van der Waals surface area contributed by atoms with Gasteiger partial charge in [0, 0.05) is 5.33 Å². The molecule has 1 aliphatic rings. The van der Waals surface area contributed by atoms with Gasteiger partial charge >= 0.3 is 5.97 Å². The Morgan fingerprint density at radius 1 is 1.75 bits per heavy atom. The molecular formula is C5H7BrO2. The van der Waals surface area contributed by atoms with E-state index in [1.165, 1.54) is 0 Å². The summed E-state index contributed by atoms with van der Waals surface area (Å²) < 4.78 is 0. The molecule has 0 aromatic heterocycles. The molecule has 0 heterocycles. The lowest BCUT2D eigenvalue weighted by Gasteiger charge is -2.00. The van der Waals surface area contributed by atoms with Crippen LogP contribution in [0.15, 0.2) is 0 Å². The van der Waals surface area contributed by atoms with Crippen molar-refractivity contribution in [3.8, 4) is 0 Å². The number of carboxylic acid groups (broad SMARTS) is 1. The SMILES string of the molecule is O=C(O)C1(CBr)CC1. The van der Waals surface area contributed by atoms with Gasteiger partial charge < -0.3 is 5.11 Å². The normalized spacial score (nSPS) is 22.6. The Labute approximate surface area is 56.0 Å². The zero-order chi connectivity index (χ0) is 6.20. The summed E-state index contributed by atoms with van der Waals surface area (Å²) in [6, 6.07) is 0. The lowest BCUT2D eigenvalue weighted by molar-refractivity contribution is -0.142. The first kappa shape index (κ1) is 6.08. The molecule has 1 saturated carbocycles. The molecule has 1 N–H and O–H groups in total. The summed E-state index contributed by atoms with van der Waals surface area (Å²) in [6.07, 6.45) is 1.68. The molecule has 0 bridgehead atoms. The van der Waals surface area contributed by atoms with E-state index >= 15 is 0 Å². The summed E-state index contributed by atoms with van der Waals surface area (Å²) in [5.41, 5.74) is -0.375. The number of rotatable bonds is 2. The summed E-state index contributed by atoms with van der Waals surface area (Å²) in [4.78, 5) is 10.3. The van der Waals surface area contributed by atoms with Gasteiger partial charge in [0.25, 0.3) is 0 Å². The van der Waals surface area contributed by atoms with Gasteiger partial charge in [0.05, 0.1) is 5.41 Å². The van der Waals surface area contributed by atoms with Crippen molar-refractivity contribution >= 4 is 21.9 Å². The highest BCUT2D eigenvalue weighted by Gasteiger charge is 2.49. The van der Waals surface area contributed by atoms with E-state index in [1.54, 1.807) is 0 Å². The fraction of sp³-hybridized carbons (Fsp3) is 0.800. The summed E-state index contributed by atoms with van der Waals surface area (Å²) in [5, 5.41) is 9.08. The minimum Gasteiger partial charge on any atom is -0.481 e. The second kappa shape index (κ2) is 1.72. The van der Waals surface area contributed by atoms with Gasteiger partial charge in [-0.1, -0.05) is 15.9 Å². The third kappa shape index (κ3) is 0.749. The Bertz CT molecular complexity index is 118. The highest BCUT2D eigenvalue weighted by atomic mass is 79.9. The third-order valence-corrected chi connectivity index (χ3v) is 2.64. The highest BCUT2D eigenvalue weighted by molar-refractivity contribution is 9.09. The molecule has 2 nitrogen and oxygen atoms in total. The topological polar surface area (TPSA) is 37.3 Å². The van der Waals surface area contributed by atoms with Crippen molar-refractivity contribution in [2.45, 2.75) is 12.8 Å². The molecule has 0 unspecified atom stereocenters. The van der Waals surface area contributed by atoms with Crippen LogP contribution in [0.5, 0.6) is 0 Å². The van der Waals surface area contributed by atoms with Crippen LogP contribution in [-0.2, 0) is 4.79 Å². The number of hydrogen-bond acceptors (Lipinski definition) is 1. The average molecular weight is 179 g/mol. The lowest BCUT2D eigenvalue weighted by Crippen LogP contribution is -2.15. The number of carboxylic acids is 1. The van der Waals surface area contributed by atoms with E-state index in [-0.39, 0.29) is 5.41 Å². The van der Waals surface area contributed by atoms with Crippen molar-refractivity contribution in [1.29, 1.82) is 0 Å². The molecule has 1 fully saturated rings. The highest BCUT2D eigenvalue weighted by Crippen LogP contribution is 2.47. The molecule has 1 aliphatic carbocycles. The molecule has 8 heavy (non-hydrogen) atoms. The largest absolute Gasteiger partial charge is 0.481 e. The van der Waals surface area contributed by atoms with E-state index < -0.39 is 5.97 Å². The van der Waals surface area contributed by atoms with Gasteiger partial charge in [0.2, 0.25) is 0 Å². The molecule has 0 amide bonds. The van der Waals surface area contributed by atoms with Crippen LogP contribution in [0.25, 0.3) is 0 Å². The zero-order valence-electron chi connectivity index (χ0n) is 4.35. The Hall–Kier alpha value is -0.0500. The van der Waals surface area contributed by atoms with E-state index in [0.717, 1.165) is 12.8 Å². The molecule has 0 radical (unpaired) electrons. The van der Waals surface area contributed by atoms with Crippen LogP contribution >= 0.6 is 15.9 Å². The van der Waals surface area contributed by atoms with Crippen molar-refractivity contribution in [3.05, 3.63) is 0 Å². The quantitative estimate of drug-likeness (QED) is 0.647. The molecule has 1 rings (SSSR count). The Morgan fingerprint density at radius 3 is 2.25 bits per heavy atom. The van der Waals surface area contributed by atoms with E-state index in [0.29, 0.717) is 5.33 Å². The average Bonchev–Trinajstić information content (AvgIpc) is 2.44. The second-order valence-corrected chi connectivity index (χ2v) is 2.78. The summed E-state index contributed by atoms with van der Waals surface area (Å²) in [7, 11) is 0. The van der Waals surface area contributed by atoms with Gasteiger partial charge in [-0.15, -0.1) is 0 Å². The van der Waals surface area contributed by atoms with Crippen molar-refractivity contribution in [3.63, 3.8) is 0 Å². The first-order chi connectivity index (χ1) is 3.71. The maximum absolute atomic E-state index is 10.3. The minimum absolute atomic E-state index is 0.375. The Balaban J connectivity index is 2.53. The molecular weight excluding hydrogens is 172 g/mol. The molecule has 0 spiro atoms. The van der Waals surface area contributed by atoms with E-state index in [9.17, 15) is 4.79 Å². The molecule has 0 aliphatic heterocycles. The number of carbonyl (C=O) groups is 1. The molecule has 46 valence electrons.